The van der Waals surface area contributed by atoms with Gasteiger partial charge in [-0.05, 0) is 46.7 Å². The highest BCUT2D eigenvalue weighted by Crippen LogP contribution is 2.07. The van der Waals surface area contributed by atoms with Gasteiger partial charge in [-0.15, -0.1) is 0 Å². The van der Waals surface area contributed by atoms with Crippen LogP contribution in [0.4, 0.5) is 0 Å². The summed E-state index contributed by atoms with van der Waals surface area (Å²) in [6, 6.07) is 8.38. The maximum atomic E-state index is 5.51. The van der Waals surface area contributed by atoms with Gasteiger partial charge in [0.15, 0.2) is 0 Å². The van der Waals surface area contributed by atoms with E-state index in [9.17, 15) is 0 Å². The molecule has 0 saturated heterocycles. The molecule has 0 aliphatic carbocycles. The third-order valence-electron chi connectivity index (χ3n) is 2.20. The van der Waals surface area contributed by atoms with Gasteiger partial charge in [-0.2, -0.15) is 0 Å². The van der Waals surface area contributed by atoms with E-state index < -0.39 is 0 Å². The zero-order valence-corrected chi connectivity index (χ0v) is 11.9. The van der Waals surface area contributed by atoms with Crippen LogP contribution in [0.25, 0.3) is 0 Å². The predicted molar refractivity (Wildman–Crippen MR) is 74.5 cm³/mol. The second-order valence-electron chi connectivity index (χ2n) is 3.64. The minimum absolute atomic E-state index is 0.675. The maximum absolute atomic E-state index is 5.51. The molecule has 0 amide bonds. The molecule has 0 aliphatic rings. The molecule has 0 aromatic heterocycles. The first-order valence-corrected chi connectivity index (χ1v) is 6.80. The first kappa shape index (κ1) is 13.9. The van der Waals surface area contributed by atoms with Crippen LogP contribution < -0.4 is 0 Å². The molecule has 0 fully saturated rings. The number of halogens is 1. The molecule has 0 unspecified atom stereocenters. The fourth-order valence-electron chi connectivity index (χ4n) is 1.24. The lowest BCUT2D eigenvalue weighted by Gasteiger charge is -2.05. The third kappa shape index (κ3) is 6.45. The van der Waals surface area contributed by atoms with Gasteiger partial charge in [-0.25, -0.2) is 0 Å². The van der Waals surface area contributed by atoms with Crippen molar-refractivity contribution in [2.24, 2.45) is 0 Å². The van der Waals surface area contributed by atoms with Crippen LogP contribution in [0, 0.1) is 3.57 Å². The average Bonchev–Trinajstić information content (AvgIpc) is 2.30. The molecule has 1 aromatic rings. The second-order valence-corrected chi connectivity index (χ2v) is 4.89. The molecule has 0 spiro atoms. The highest BCUT2D eigenvalue weighted by atomic mass is 127. The van der Waals surface area contributed by atoms with Gasteiger partial charge in [-0.1, -0.05) is 25.5 Å². The molecule has 0 saturated carbocycles. The maximum Gasteiger partial charge on any atom is 0.0718 e. The van der Waals surface area contributed by atoms with Crippen molar-refractivity contribution in [2.75, 3.05) is 19.8 Å². The second kappa shape index (κ2) is 8.96. The van der Waals surface area contributed by atoms with Crippen molar-refractivity contribution in [1.82, 2.24) is 0 Å². The Kier molecular flexibility index (Phi) is 7.80. The van der Waals surface area contributed by atoms with Crippen LogP contribution >= 0.6 is 22.6 Å². The molecular formula is C13H19IO2. The quantitative estimate of drug-likeness (QED) is 0.534. The van der Waals surface area contributed by atoms with E-state index >= 15 is 0 Å². The Balaban J connectivity index is 2.01. The predicted octanol–water partition coefficient (Wildman–Crippen LogP) is 3.62. The van der Waals surface area contributed by atoms with Crippen molar-refractivity contribution in [3.8, 4) is 0 Å². The molecule has 1 aromatic carbocycles. The van der Waals surface area contributed by atoms with Gasteiger partial charge >= 0.3 is 0 Å². The molecule has 0 N–H and O–H groups in total. The van der Waals surface area contributed by atoms with E-state index in [0.29, 0.717) is 19.8 Å². The molecule has 0 atom stereocenters. The van der Waals surface area contributed by atoms with Crippen molar-refractivity contribution in [3.63, 3.8) is 0 Å². The molecular weight excluding hydrogens is 315 g/mol. The van der Waals surface area contributed by atoms with Gasteiger partial charge in [0.25, 0.3) is 0 Å². The van der Waals surface area contributed by atoms with Crippen molar-refractivity contribution in [2.45, 2.75) is 26.4 Å². The highest BCUT2D eigenvalue weighted by Gasteiger charge is 1.93. The van der Waals surface area contributed by atoms with E-state index in [1.807, 2.05) is 0 Å². The number of unbranched alkanes of at least 4 members (excludes halogenated alkanes) is 1. The molecule has 0 aliphatic heterocycles. The molecule has 0 heterocycles. The van der Waals surface area contributed by atoms with Crippen molar-refractivity contribution in [1.29, 1.82) is 0 Å². The lowest BCUT2D eigenvalue weighted by atomic mass is 10.2. The van der Waals surface area contributed by atoms with Crippen LogP contribution in [0.5, 0.6) is 0 Å². The van der Waals surface area contributed by atoms with Crippen LogP contribution in [0.15, 0.2) is 24.3 Å². The van der Waals surface area contributed by atoms with Crippen molar-refractivity contribution in [3.05, 3.63) is 33.4 Å². The Morgan fingerprint density at radius 2 is 1.69 bits per heavy atom. The summed E-state index contributed by atoms with van der Waals surface area (Å²) in [7, 11) is 0. The third-order valence-corrected chi connectivity index (χ3v) is 2.92. The number of rotatable bonds is 8. The SMILES string of the molecule is CCCCOCCOCc1ccc(I)cc1. The molecule has 16 heavy (non-hydrogen) atoms. The van der Waals surface area contributed by atoms with Gasteiger partial charge in [0, 0.05) is 10.2 Å². The monoisotopic (exact) mass is 334 g/mol. The summed E-state index contributed by atoms with van der Waals surface area (Å²) in [6.45, 7) is 5.06. The van der Waals surface area contributed by atoms with Crippen LogP contribution in [0.1, 0.15) is 25.3 Å². The van der Waals surface area contributed by atoms with Crippen molar-refractivity contribution >= 4 is 22.6 Å². The summed E-state index contributed by atoms with van der Waals surface area (Å²) in [5, 5.41) is 0. The first-order valence-electron chi connectivity index (χ1n) is 5.73. The van der Waals surface area contributed by atoms with E-state index in [4.69, 9.17) is 9.47 Å². The number of benzene rings is 1. The molecule has 3 heteroatoms. The summed E-state index contributed by atoms with van der Waals surface area (Å²) in [5.74, 6) is 0. The van der Waals surface area contributed by atoms with Crippen LogP contribution in [-0.2, 0) is 16.1 Å². The summed E-state index contributed by atoms with van der Waals surface area (Å²) >= 11 is 2.30. The summed E-state index contributed by atoms with van der Waals surface area (Å²) in [5.41, 5.74) is 1.22. The minimum atomic E-state index is 0.675. The zero-order chi connectivity index (χ0) is 11.6. The van der Waals surface area contributed by atoms with Crippen molar-refractivity contribution < 1.29 is 9.47 Å². The van der Waals surface area contributed by atoms with E-state index in [-0.39, 0.29) is 0 Å². The summed E-state index contributed by atoms with van der Waals surface area (Å²) in [4.78, 5) is 0. The Labute approximate surface area is 111 Å². The topological polar surface area (TPSA) is 18.5 Å². The summed E-state index contributed by atoms with van der Waals surface area (Å²) < 4.78 is 12.2. The number of hydrogen-bond donors (Lipinski definition) is 0. The van der Waals surface area contributed by atoms with Gasteiger partial charge in [0.05, 0.1) is 19.8 Å². The van der Waals surface area contributed by atoms with E-state index in [1.54, 1.807) is 0 Å². The largest absolute Gasteiger partial charge is 0.379 e. The van der Waals surface area contributed by atoms with Gasteiger partial charge < -0.3 is 9.47 Å². The smallest absolute Gasteiger partial charge is 0.0718 e. The fourth-order valence-corrected chi connectivity index (χ4v) is 1.60. The number of hydrogen-bond acceptors (Lipinski definition) is 2. The normalized spacial score (nSPS) is 10.6. The molecule has 90 valence electrons. The Hall–Kier alpha value is -0.130. The standard InChI is InChI=1S/C13H19IO2/c1-2-3-8-15-9-10-16-11-12-4-6-13(14)7-5-12/h4-7H,2-3,8-11H2,1H3. The molecule has 0 radical (unpaired) electrons. The van der Waals surface area contributed by atoms with Crippen LogP contribution in [-0.4, -0.2) is 19.8 Å². The minimum Gasteiger partial charge on any atom is -0.379 e. The Morgan fingerprint density at radius 1 is 1.00 bits per heavy atom. The Morgan fingerprint density at radius 3 is 2.38 bits per heavy atom. The van der Waals surface area contributed by atoms with Gasteiger partial charge in [0.1, 0.15) is 0 Å². The molecule has 0 bridgehead atoms. The highest BCUT2D eigenvalue weighted by molar-refractivity contribution is 14.1. The van der Waals surface area contributed by atoms with Crippen LogP contribution in [0.2, 0.25) is 0 Å². The molecule has 1 rings (SSSR count). The first-order chi connectivity index (χ1) is 7.83. The van der Waals surface area contributed by atoms with E-state index in [0.717, 1.165) is 13.0 Å². The van der Waals surface area contributed by atoms with Gasteiger partial charge in [0.2, 0.25) is 0 Å². The fraction of sp³-hybridized carbons (Fsp3) is 0.538. The molecule has 2 nitrogen and oxygen atoms in total. The summed E-state index contributed by atoms with van der Waals surface area (Å²) in [6.07, 6.45) is 2.32. The lowest BCUT2D eigenvalue weighted by molar-refractivity contribution is 0.0397. The van der Waals surface area contributed by atoms with Gasteiger partial charge in [-0.3, -0.25) is 0 Å². The zero-order valence-electron chi connectivity index (χ0n) is 9.75. The van der Waals surface area contributed by atoms with Crippen LogP contribution in [0.3, 0.4) is 0 Å². The average molecular weight is 334 g/mol. The Bertz CT molecular complexity index is 272. The van der Waals surface area contributed by atoms with E-state index in [2.05, 4.69) is 53.8 Å². The van der Waals surface area contributed by atoms with E-state index in [1.165, 1.54) is 15.6 Å². The lowest BCUT2D eigenvalue weighted by Crippen LogP contribution is -2.05. The number of ether oxygens (including phenoxy) is 2.